The normalized spacial score (nSPS) is 34.9. The second kappa shape index (κ2) is 7.54. The molecule has 3 N–H and O–H groups in total. The average molecular weight is 381 g/mol. The van der Waals surface area contributed by atoms with Gasteiger partial charge in [0.15, 0.2) is 0 Å². The molecule has 19 heavy (non-hydrogen) atoms. The first-order valence-corrected chi connectivity index (χ1v) is 8.95. The number of halogens is 1. The Labute approximate surface area is 130 Å². The van der Waals surface area contributed by atoms with Crippen molar-refractivity contribution >= 4 is 22.6 Å². The van der Waals surface area contributed by atoms with Crippen LogP contribution >= 0.6 is 22.6 Å². The molecule has 0 radical (unpaired) electrons. The number of hydrogen-bond donors (Lipinski definition) is 2. The van der Waals surface area contributed by atoms with Crippen molar-refractivity contribution in [2.45, 2.75) is 61.6 Å². The van der Waals surface area contributed by atoms with Crippen LogP contribution in [0.15, 0.2) is 0 Å². The van der Waals surface area contributed by atoms with Gasteiger partial charge in [-0.2, -0.15) is 0 Å². The molecule has 0 spiro atoms. The van der Waals surface area contributed by atoms with Crippen molar-refractivity contribution in [3.05, 3.63) is 0 Å². The van der Waals surface area contributed by atoms with E-state index in [2.05, 4.69) is 34.4 Å². The van der Waals surface area contributed by atoms with Gasteiger partial charge in [0, 0.05) is 22.4 Å². The number of likely N-dealkylation sites (tertiary alicyclic amines) is 1. The molecule has 2 unspecified atom stereocenters. The number of hydrogen-bond acceptors (Lipinski definition) is 4. The van der Waals surface area contributed by atoms with Gasteiger partial charge in [0.05, 0.1) is 0 Å². The molecule has 0 aromatic rings. The minimum absolute atomic E-state index is 0.343. The molecule has 112 valence electrons. The van der Waals surface area contributed by atoms with E-state index < -0.39 is 6.23 Å². The molecule has 1 saturated carbocycles. The van der Waals surface area contributed by atoms with Crippen LogP contribution in [0.1, 0.15) is 45.4 Å². The molecule has 2 rings (SSSR count). The van der Waals surface area contributed by atoms with E-state index in [1.54, 1.807) is 5.01 Å². The number of aliphatic hydroxyl groups excluding tert-OH is 1. The lowest BCUT2D eigenvalue weighted by molar-refractivity contribution is -0.0568. The summed E-state index contributed by atoms with van der Waals surface area (Å²) in [5.41, 5.74) is 0. The summed E-state index contributed by atoms with van der Waals surface area (Å²) in [6.07, 6.45) is 6.88. The minimum atomic E-state index is -0.471. The van der Waals surface area contributed by atoms with Crippen molar-refractivity contribution in [1.82, 2.24) is 9.91 Å². The Morgan fingerprint density at radius 1 is 1.32 bits per heavy atom. The van der Waals surface area contributed by atoms with Gasteiger partial charge in [-0.25, -0.2) is 5.01 Å². The summed E-state index contributed by atoms with van der Waals surface area (Å²) in [5.74, 6) is 6.50. The van der Waals surface area contributed by atoms with Gasteiger partial charge < -0.3 is 5.11 Å². The standard InChI is InChI=1S/C14H28IN3O/c1-2-17-9-5-6-11(17)10-18(16)14(19)12-7-3-4-8-13(12)15/h11-14,19H,2-10,16H2,1H3/t11-,12-,13?,14?/m1/s1. The summed E-state index contributed by atoms with van der Waals surface area (Å²) in [7, 11) is 0. The molecule has 0 aromatic carbocycles. The number of rotatable bonds is 5. The Morgan fingerprint density at radius 2 is 2.05 bits per heavy atom. The molecule has 0 amide bonds. The minimum Gasteiger partial charge on any atom is -0.377 e. The topological polar surface area (TPSA) is 52.7 Å². The third kappa shape index (κ3) is 4.03. The molecule has 0 bridgehead atoms. The van der Waals surface area contributed by atoms with E-state index in [0.717, 1.165) is 19.5 Å². The van der Waals surface area contributed by atoms with Gasteiger partial charge in [-0.15, -0.1) is 0 Å². The number of likely N-dealkylation sites (N-methyl/N-ethyl adjacent to an activating group) is 1. The van der Waals surface area contributed by atoms with Crippen molar-refractivity contribution < 1.29 is 5.11 Å². The molecular formula is C14H28IN3O. The quantitative estimate of drug-likeness (QED) is 0.251. The number of alkyl halides is 1. The maximum absolute atomic E-state index is 10.5. The lowest BCUT2D eigenvalue weighted by Crippen LogP contribution is -2.53. The fourth-order valence-corrected chi connectivity index (χ4v) is 4.74. The third-order valence-corrected chi connectivity index (χ3v) is 6.33. The maximum Gasteiger partial charge on any atom is 0.123 e. The smallest absolute Gasteiger partial charge is 0.123 e. The number of hydrazine groups is 1. The van der Waals surface area contributed by atoms with E-state index >= 15 is 0 Å². The van der Waals surface area contributed by atoms with Gasteiger partial charge in [0.2, 0.25) is 0 Å². The Hall–Kier alpha value is 0.570. The molecule has 2 aliphatic rings. The second-order valence-corrected chi connectivity index (χ2v) is 7.60. The first kappa shape index (κ1) is 15.9. The summed E-state index contributed by atoms with van der Waals surface area (Å²) in [4.78, 5) is 2.48. The molecule has 1 saturated heterocycles. The van der Waals surface area contributed by atoms with Crippen molar-refractivity contribution in [3.63, 3.8) is 0 Å². The zero-order chi connectivity index (χ0) is 13.8. The van der Waals surface area contributed by atoms with Gasteiger partial charge in [-0.05, 0) is 38.8 Å². The van der Waals surface area contributed by atoms with Crippen LogP contribution in [0.2, 0.25) is 0 Å². The van der Waals surface area contributed by atoms with Crippen LogP contribution in [-0.2, 0) is 0 Å². The predicted molar refractivity (Wildman–Crippen MR) is 86.9 cm³/mol. The first-order chi connectivity index (χ1) is 9.13. The molecule has 0 aromatic heterocycles. The third-order valence-electron chi connectivity index (χ3n) is 4.78. The van der Waals surface area contributed by atoms with Crippen LogP contribution in [0.4, 0.5) is 0 Å². The van der Waals surface area contributed by atoms with Crippen molar-refractivity contribution in [3.8, 4) is 0 Å². The van der Waals surface area contributed by atoms with Gasteiger partial charge >= 0.3 is 0 Å². The van der Waals surface area contributed by atoms with E-state index in [1.807, 2.05) is 0 Å². The highest BCUT2D eigenvalue weighted by Gasteiger charge is 2.33. The largest absolute Gasteiger partial charge is 0.377 e. The van der Waals surface area contributed by atoms with Crippen LogP contribution in [0.25, 0.3) is 0 Å². The van der Waals surface area contributed by atoms with Crippen molar-refractivity contribution in [2.75, 3.05) is 19.6 Å². The van der Waals surface area contributed by atoms with Crippen LogP contribution < -0.4 is 5.84 Å². The molecule has 5 heteroatoms. The molecule has 2 fully saturated rings. The predicted octanol–water partition coefficient (Wildman–Crippen LogP) is 1.96. The zero-order valence-corrected chi connectivity index (χ0v) is 14.1. The summed E-state index contributed by atoms with van der Waals surface area (Å²) in [5, 5.41) is 12.2. The van der Waals surface area contributed by atoms with Gasteiger partial charge in [-0.3, -0.25) is 10.7 Å². The Balaban J connectivity index is 1.86. The molecule has 4 nitrogen and oxygen atoms in total. The maximum atomic E-state index is 10.5. The summed E-state index contributed by atoms with van der Waals surface area (Å²) < 4.78 is 0.568. The van der Waals surface area contributed by atoms with Gasteiger partial charge in [0.25, 0.3) is 0 Å². The zero-order valence-electron chi connectivity index (χ0n) is 12.0. The Bertz CT molecular complexity index is 279. The van der Waals surface area contributed by atoms with E-state index in [4.69, 9.17) is 5.84 Å². The lowest BCUT2D eigenvalue weighted by atomic mass is 9.87. The Kier molecular flexibility index (Phi) is 6.33. The molecule has 4 atom stereocenters. The number of nitrogens with zero attached hydrogens (tertiary/aromatic N) is 2. The van der Waals surface area contributed by atoms with Crippen LogP contribution in [0, 0.1) is 5.92 Å². The molecule has 1 aliphatic carbocycles. The fourth-order valence-electron chi connectivity index (χ4n) is 3.57. The summed E-state index contributed by atoms with van der Waals surface area (Å²) in [6.45, 7) is 5.28. The number of nitrogens with two attached hydrogens (primary N) is 1. The van der Waals surface area contributed by atoms with Crippen molar-refractivity contribution in [2.24, 2.45) is 11.8 Å². The highest BCUT2D eigenvalue weighted by atomic mass is 127. The van der Waals surface area contributed by atoms with E-state index in [0.29, 0.717) is 15.9 Å². The lowest BCUT2D eigenvalue weighted by Gasteiger charge is -2.37. The molecule has 1 aliphatic heterocycles. The van der Waals surface area contributed by atoms with Crippen LogP contribution in [0.5, 0.6) is 0 Å². The highest BCUT2D eigenvalue weighted by Crippen LogP contribution is 2.33. The van der Waals surface area contributed by atoms with Crippen molar-refractivity contribution in [1.29, 1.82) is 0 Å². The van der Waals surface area contributed by atoms with E-state index in [1.165, 1.54) is 38.6 Å². The van der Waals surface area contributed by atoms with Gasteiger partial charge in [-0.1, -0.05) is 42.4 Å². The first-order valence-electron chi connectivity index (χ1n) is 7.71. The molecular weight excluding hydrogens is 353 g/mol. The van der Waals surface area contributed by atoms with E-state index in [-0.39, 0.29) is 0 Å². The van der Waals surface area contributed by atoms with Crippen LogP contribution in [0.3, 0.4) is 0 Å². The fraction of sp³-hybridized carbons (Fsp3) is 1.00. The van der Waals surface area contributed by atoms with Crippen LogP contribution in [-0.4, -0.2) is 50.8 Å². The monoisotopic (exact) mass is 381 g/mol. The van der Waals surface area contributed by atoms with Gasteiger partial charge in [0.1, 0.15) is 6.23 Å². The highest BCUT2D eigenvalue weighted by molar-refractivity contribution is 14.1. The average Bonchev–Trinajstić information content (AvgIpc) is 2.85. The molecule has 1 heterocycles. The number of aliphatic hydroxyl groups is 1. The van der Waals surface area contributed by atoms with E-state index in [9.17, 15) is 5.11 Å². The summed E-state index contributed by atoms with van der Waals surface area (Å²) in [6, 6.07) is 0.529. The SMILES string of the molecule is CCN1CCC[C@@H]1CN(N)C(O)[C@@H]1CCCCC1I. The second-order valence-electron chi connectivity index (χ2n) is 6.00. The Morgan fingerprint density at radius 3 is 2.74 bits per heavy atom. The summed E-state index contributed by atoms with van der Waals surface area (Å²) >= 11 is 2.49.